The van der Waals surface area contributed by atoms with E-state index in [9.17, 15) is 4.79 Å². The first-order valence-corrected chi connectivity index (χ1v) is 9.95. The molecule has 1 saturated heterocycles. The molecule has 0 bridgehead atoms. The number of rotatable bonds is 5. The second-order valence-corrected chi connectivity index (χ2v) is 7.52. The number of hydrogen-bond donors (Lipinski definition) is 0. The van der Waals surface area contributed by atoms with Crippen molar-refractivity contribution in [3.63, 3.8) is 0 Å². The molecule has 0 N–H and O–H groups in total. The molecule has 1 aliphatic carbocycles. The number of hydrogen-bond acceptors (Lipinski definition) is 4. The van der Waals surface area contributed by atoms with Gasteiger partial charge in [0.15, 0.2) is 0 Å². The Morgan fingerprint density at radius 2 is 2.17 bits per heavy atom. The number of ether oxygens (including phenoxy) is 1. The molecule has 5 heteroatoms. The van der Waals surface area contributed by atoms with Crippen molar-refractivity contribution in [2.45, 2.75) is 57.6 Å². The number of aromatic nitrogens is 1. The molecule has 1 atom stereocenters. The summed E-state index contributed by atoms with van der Waals surface area (Å²) in [4.78, 5) is 19.2. The predicted octanol–water partition coefficient (Wildman–Crippen LogP) is 3.76. The van der Waals surface area contributed by atoms with Crippen LogP contribution in [0.2, 0.25) is 0 Å². The van der Waals surface area contributed by atoms with Crippen LogP contribution in [0.5, 0.6) is 5.88 Å². The van der Waals surface area contributed by atoms with E-state index >= 15 is 0 Å². The Bertz CT molecular complexity index is 526. The van der Waals surface area contributed by atoms with E-state index in [0.29, 0.717) is 17.5 Å². The summed E-state index contributed by atoms with van der Waals surface area (Å²) in [5.74, 6) is 2.87. The Balaban J connectivity index is 1.69. The van der Waals surface area contributed by atoms with Gasteiger partial charge in [-0.1, -0.05) is 19.3 Å². The van der Waals surface area contributed by atoms with Gasteiger partial charge in [0.25, 0.3) is 5.91 Å². The molecule has 2 heterocycles. The Kier molecular flexibility index (Phi) is 5.81. The zero-order valence-electron chi connectivity index (χ0n) is 13.9. The third-order valence-electron chi connectivity index (χ3n) is 4.77. The summed E-state index contributed by atoms with van der Waals surface area (Å²) in [5, 5.41) is 0. The average Bonchev–Trinajstić information content (AvgIpc) is 3.10. The molecule has 1 unspecified atom stereocenters. The van der Waals surface area contributed by atoms with Crippen LogP contribution < -0.4 is 4.74 Å². The van der Waals surface area contributed by atoms with E-state index in [1.54, 1.807) is 6.20 Å². The number of carbonyl (C=O) groups is 1. The lowest BCUT2D eigenvalue weighted by Crippen LogP contribution is -2.41. The number of carbonyl (C=O) groups excluding carboxylic acids is 1. The van der Waals surface area contributed by atoms with Crippen LogP contribution in [0.25, 0.3) is 0 Å². The number of pyridine rings is 1. The Hall–Kier alpha value is -1.23. The molecule has 4 nitrogen and oxygen atoms in total. The molecule has 3 rings (SSSR count). The predicted molar refractivity (Wildman–Crippen MR) is 94.2 cm³/mol. The zero-order chi connectivity index (χ0) is 16.1. The van der Waals surface area contributed by atoms with Crippen LogP contribution in [0.4, 0.5) is 0 Å². The minimum absolute atomic E-state index is 0.118. The molecule has 126 valence electrons. The monoisotopic (exact) mass is 334 g/mol. The standard InChI is InChI=1S/C18H26N2O2S/c1-2-20(15-6-4-3-5-7-15)18(21)14-8-10-19-17(12-14)22-16-9-11-23-13-16/h8,10,12,15-16H,2-7,9,11,13H2,1H3. The first-order chi connectivity index (χ1) is 11.3. The fraction of sp³-hybridized carbons (Fsp3) is 0.667. The Labute approximate surface area is 143 Å². The van der Waals surface area contributed by atoms with Gasteiger partial charge in [-0.15, -0.1) is 0 Å². The molecule has 1 aliphatic heterocycles. The lowest BCUT2D eigenvalue weighted by molar-refractivity contribution is 0.0647. The largest absolute Gasteiger partial charge is 0.473 e. The van der Waals surface area contributed by atoms with Crippen LogP contribution in [-0.2, 0) is 0 Å². The third kappa shape index (κ3) is 4.19. The highest BCUT2D eigenvalue weighted by Gasteiger charge is 2.25. The molecule has 2 aliphatic rings. The lowest BCUT2D eigenvalue weighted by atomic mass is 9.94. The highest BCUT2D eigenvalue weighted by Crippen LogP contribution is 2.25. The lowest BCUT2D eigenvalue weighted by Gasteiger charge is -2.33. The van der Waals surface area contributed by atoms with Crippen LogP contribution in [-0.4, -0.2) is 46.0 Å². The first kappa shape index (κ1) is 16.6. The van der Waals surface area contributed by atoms with E-state index in [1.165, 1.54) is 19.3 Å². The fourth-order valence-corrected chi connectivity index (χ4v) is 4.60. The quantitative estimate of drug-likeness (QED) is 0.822. The molecular formula is C18H26N2O2S. The molecule has 1 amide bonds. The van der Waals surface area contributed by atoms with Crippen molar-refractivity contribution in [1.82, 2.24) is 9.88 Å². The molecule has 1 saturated carbocycles. The maximum atomic E-state index is 12.9. The van der Waals surface area contributed by atoms with Crippen LogP contribution in [0.15, 0.2) is 18.3 Å². The van der Waals surface area contributed by atoms with Crippen molar-refractivity contribution < 1.29 is 9.53 Å². The smallest absolute Gasteiger partial charge is 0.254 e. The van der Waals surface area contributed by atoms with Crippen LogP contribution in [0.1, 0.15) is 55.8 Å². The van der Waals surface area contributed by atoms with E-state index in [-0.39, 0.29) is 12.0 Å². The fourth-order valence-electron chi connectivity index (χ4n) is 3.51. The minimum Gasteiger partial charge on any atom is -0.473 e. The molecule has 1 aromatic rings. The van der Waals surface area contributed by atoms with Gasteiger partial charge in [-0.3, -0.25) is 4.79 Å². The van der Waals surface area contributed by atoms with Crippen molar-refractivity contribution in [2.75, 3.05) is 18.1 Å². The second-order valence-electron chi connectivity index (χ2n) is 6.37. The van der Waals surface area contributed by atoms with Gasteiger partial charge in [0, 0.05) is 36.2 Å². The van der Waals surface area contributed by atoms with Crippen LogP contribution in [0.3, 0.4) is 0 Å². The molecule has 1 aromatic heterocycles. The maximum Gasteiger partial charge on any atom is 0.254 e. The third-order valence-corrected chi connectivity index (χ3v) is 5.91. The second kappa shape index (κ2) is 8.04. The van der Waals surface area contributed by atoms with Gasteiger partial charge in [0.2, 0.25) is 5.88 Å². The van der Waals surface area contributed by atoms with Gasteiger partial charge in [-0.2, -0.15) is 11.8 Å². The number of nitrogens with zero attached hydrogens (tertiary/aromatic N) is 2. The highest BCUT2D eigenvalue weighted by atomic mass is 32.2. The highest BCUT2D eigenvalue weighted by molar-refractivity contribution is 7.99. The number of thioether (sulfide) groups is 1. The minimum atomic E-state index is 0.118. The summed E-state index contributed by atoms with van der Waals surface area (Å²) >= 11 is 1.91. The van der Waals surface area contributed by atoms with Crippen LogP contribution >= 0.6 is 11.8 Å². The van der Waals surface area contributed by atoms with Gasteiger partial charge >= 0.3 is 0 Å². The van der Waals surface area contributed by atoms with E-state index in [4.69, 9.17) is 4.74 Å². The molecule has 0 radical (unpaired) electrons. The first-order valence-electron chi connectivity index (χ1n) is 8.79. The SMILES string of the molecule is CCN(C(=O)c1ccnc(OC2CCSC2)c1)C1CCCCC1. The van der Waals surface area contributed by atoms with E-state index in [2.05, 4.69) is 11.9 Å². The van der Waals surface area contributed by atoms with E-state index < -0.39 is 0 Å². The van der Waals surface area contributed by atoms with E-state index in [0.717, 1.165) is 37.3 Å². The summed E-state index contributed by atoms with van der Waals surface area (Å²) in [7, 11) is 0. The van der Waals surface area contributed by atoms with Gasteiger partial charge in [0.1, 0.15) is 6.10 Å². The van der Waals surface area contributed by atoms with Gasteiger partial charge in [-0.25, -0.2) is 4.98 Å². The summed E-state index contributed by atoms with van der Waals surface area (Å²) in [5.41, 5.74) is 0.702. The molecule has 0 spiro atoms. The van der Waals surface area contributed by atoms with Crippen molar-refractivity contribution in [3.8, 4) is 5.88 Å². The van der Waals surface area contributed by atoms with Gasteiger partial charge < -0.3 is 9.64 Å². The van der Waals surface area contributed by atoms with Gasteiger partial charge in [0.05, 0.1) is 0 Å². The summed E-state index contributed by atoms with van der Waals surface area (Å²) < 4.78 is 5.92. The summed E-state index contributed by atoms with van der Waals surface area (Å²) in [6.07, 6.45) is 9.03. The van der Waals surface area contributed by atoms with Crippen LogP contribution in [0, 0.1) is 0 Å². The van der Waals surface area contributed by atoms with Crippen molar-refractivity contribution in [3.05, 3.63) is 23.9 Å². The maximum absolute atomic E-state index is 12.9. The van der Waals surface area contributed by atoms with E-state index in [1.807, 2.05) is 28.8 Å². The summed E-state index contributed by atoms with van der Waals surface area (Å²) in [6, 6.07) is 4.02. The molecular weight excluding hydrogens is 308 g/mol. The molecule has 23 heavy (non-hydrogen) atoms. The molecule has 0 aromatic carbocycles. The summed E-state index contributed by atoms with van der Waals surface area (Å²) in [6.45, 7) is 2.84. The van der Waals surface area contributed by atoms with Crippen molar-refractivity contribution in [1.29, 1.82) is 0 Å². The zero-order valence-corrected chi connectivity index (χ0v) is 14.7. The Morgan fingerprint density at radius 1 is 1.35 bits per heavy atom. The Morgan fingerprint density at radius 3 is 2.87 bits per heavy atom. The topological polar surface area (TPSA) is 42.4 Å². The van der Waals surface area contributed by atoms with Crippen molar-refractivity contribution in [2.24, 2.45) is 0 Å². The van der Waals surface area contributed by atoms with Gasteiger partial charge in [-0.05, 0) is 38.0 Å². The molecule has 2 fully saturated rings. The van der Waals surface area contributed by atoms with Crippen molar-refractivity contribution >= 4 is 17.7 Å². The normalized spacial score (nSPS) is 22.0. The average molecular weight is 334 g/mol. The number of amides is 1.